The number of sulfonamides is 1. The Hall–Kier alpha value is -0.910. The van der Waals surface area contributed by atoms with E-state index in [9.17, 15) is 8.42 Å². The maximum atomic E-state index is 12.9. The fourth-order valence-corrected chi connectivity index (χ4v) is 5.76. The lowest BCUT2D eigenvalue weighted by atomic mass is 9.95. The summed E-state index contributed by atoms with van der Waals surface area (Å²) in [5.41, 5.74) is 5.11. The van der Waals surface area contributed by atoms with Crippen LogP contribution in [0.2, 0.25) is 0 Å². The van der Waals surface area contributed by atoms with E-state index >= 15 is 0 Å². The van der Waals surface area contributed by atoms with Crippen molar-refractivity contribution in [3.63, 3.8) is 0 Å². The van der Waals surface area contributed by atoms with Crippen molar-refractivity contribution in [1.82, 2.24) is 4.72 Å². The maximum absolute atomic E-state index is 12.9. The van der Waals surface area contributed by atoms with Crippen LogP contribution >= 0.6 is 0 Å². The normalized spacial score (nSPS) is 21.5. The van der Waals surface area contributed by atoms with Crippen molar-refractivity contribution >= 4 is 10.0 Å². The third kappa shape index (κ3) is 4.44. The monoisotopic (exact) mass is 367 g/mol. The quantitative estimate of drug-likeness (QED) is 0.759. The second-order valence-corrected chi connectivity index (χ2v) is 9.46. The van der Waals surface area contributed by atoms with Crippen molar-refractivity contribution < 1.29 is 13.3 Å². The molecule has 0 saturated carbocycles. The van der Waals surface area contributed by atoms with Gasteiger partial charge in [-0.25, -0.2) is 13.1 Å². The molecule has 0 aromatic heterocycles. The minimum absolute atomic E-state index is 0.479. The summed E-state index contributed by atoms with van der Waals surface area (Å²) in [5, 5.41) is 0. The van der Waals surface area contributed by atoms with Crippen LogP contribution in [0.5, 0.6) is 0 Å². The van der Waals surface area contributed by atoms with Crippen LogP contribution in [-0.4, -0.2) is 34.1 Å². The molecular weight excluding hydrogens is 332 g/mol. The van der Waals surface area contributed by atoms with Gasteiger partial charge in [0, 0.05) is 13.0 Å². The van der Waals surface area contributed by atoms with E-state index in [0.717, 1.165) is 35.2 Å². The molecule has 1 aliphatic heterocycles. The van der Waals surface area contributed by atoms with E-state index in [1.165, 1.54) is 31.4 Å². The van der Waals surface area contributed by atoms with E-state index < -0.39 is 10.0 Å². The van der Waals surface area contributed by atoms with Gasteiger partial charge in [-0.05, 0) is 88.6 Å². The summed E-state index contributed by atoms with van der Waals surface area (Å²) in [6.45, 7) is 15.0. The van der Waals surface area contributed by atoms with E-state index in [2.05, 4.69) is 18.6 Å². The predicted molar refractivity (Wildman–Crippen MR) is 104 cm³/mol. The minimum atomic E-state index is -3.46. The molecule has 25 heavy (non-hydrogen) atoms. The van der Waals surface area contributed by atoms with E-state index in [-0.39, 0.29) is 0 Å². The summed E-state index contributed by atoms with van der Waals surface area (Å²) in [4.78, 5) is 2.10. The Bertz CT molecular complexity index is 697. The highest BCUT2D eigenvalue weighted by Gasteiger charge is 2.24. The number of quaternary nitrogens is 1. The Morgan fingerprint density at radius 1 is 0.960 bits per heavy atom. The SMILES string of the molecule is Cc1c(C)c(C)c(S(=O)(=O)NCCC[NH+]2CCCC[C@H]2C)c(C)c1C. The molecule has 1 aromatic carbocycles. The summed E-state index contributed by atoms with van der Waals surface area (Å²) in [7, 11) is -3.46. The van der Waals surface area contributed by atoms with Gasteiger partial charge in [-0.3, -0.25) is 0 Å². The highest BCUT2D eigenvalue weighted by Crippen LogP contribution is 2.29. The topological polar surface area (TPSA) is 50.6 Å². The number of rotatable bonds is 6. The fraction of sp³-hybridized carbons (Fsp3) is 0.700. The summed E-state index contributed by atoms with van der Waals surface area (Å²) >= 11 is 0. The van der Waals surface area contributed by atoms with Crippen molar-refractivity contribution in [1.29, 1.82) is 0 Å². The smallest absolute Gasteiger partial charge is 0.241 e. The van der Waals surface area contributed by atoms with Crippen LogP contribution in [0.4, 0.5) is 0 Å². The first-order chi connectivity index (χ1) is 11.7. The van der Waals surface area contributed by atoms with Gasteiger partial charge in [0.25, 0.3) is 0 Å². The molecule has 0 aliphatic carbocycles. The molecule has 5 heteroatoms. The Labute approximate surface area is 154 Å². The van der Waals surface area contributed by atoms with Crippen LogP contribution in [0.15, 0.2) is 4.90 Å². The first-order valence-corrected chi connectivity index (χ1v) is 11.1. The molecule has 1 saturated heterocycles. The summed E-state index contributed by atoms with van der Waals surface area (Å²) < 4.78 is 28.6. The van der Waals surface area contributed by atoms with Gasteiger partial charge in [0.1, 0.15) is 0 Å². The average Bonchev–Trinajstić information content (AvgIpc) is 2.56. The van der Waals surface area contributed by atoms with Crippen molar-refractivity contribution in [2.75, 3.05) is 19.6 Å². The molecule has 1 aromatic rings. The molecule has 1 unspecified atom stereocenters. The molecule has 1 heterocycles. The van der Waals surface area contributed by atoms with Crippen LogP contribution < -0.4 is 9.62 Å². The van der Waals surface area contributed by atoms with Crippen LogP contribution in [-0.2, 0) is 10.0 Å². The first-order valence-electron chi connectivity index (χ1n) is 9.58. The standard InChI is InChI=1S/C20H34N2O2S/c1-14-10-7-8-12-22(14)13-9-11-21-25(23,24)20-18(5)16(3)15(2)17(4)19(20)6/h14,21H,7-13H2,1-6H3/p+1/t14-/m1/s1. The Kier molecular flexibility index (Phi) is 6.68. The summed E-state index contributed by atoms with van der Waals surface area (Å²) in [6, 6.07) is 0.706. The van der Waals surface area contributed by atoms with E-state index in [0.29, 0.717) is 17.5 Å². The molecule has 0 radical (unpaired) electrons. The van der Waals surface area contributed by atoms with Gasteiger partial charge in [0.15, 0.2) is 0 Å². The van der Waals surface area contributed by atoms with Gasteiger partial charge in [-0.2, -0.15) is 0 Å². The van der Waals surface area contributed by atoms with Crippen LogP contribution in [0, 0.1) is 34.6 Å². The summed E-state index contributed by atoms with van der Waals surface area (Å²) in [5.74, 6) is 0. The largest absolute Gasteiger partial charge is 0.333 e. The number of hydrogen-bond donors (Lipinski definition) is 2. The second-order valence-electron chi connectivity index (χ2n) is 7.76. The molecule has 2 N–H and O–H groups in total. The molecule has 0 bridgehead atoms. The zero-order chi connectivity index (χ0) is 18.8. The molecule has 2 atom stereocenters. The zero-order valence-electron chi connectivity index (χ0n) is 16.8. The predicted octanol–water partition coefficient (Wildman–Crippen LogP) is 2.35. The molecule has 0 spiro atoms. The van der Waals surface area contributed by atoms with Crippen molar-refractivity contribution in [3.8, 4) is 0 Å². The van der Waals surface area contributed by atoms with Crippen LogP contribution in [0.1, 0.15) is 60.4 Å². The average molecular weight is 368 g/mol. The molecular formula is C20H35N2O2S+. The lowest BCUT2D eigenvalue weighted by Crippen LogP contribution is -3.16. The summed E-state index contributed by atoms with van der Waals surface area (Å²) in [6.07, 6.45) is 4.82. The minimum Gasteiger partial charge on any atom is -0.333 e. The highest BCUT2D eigenvalue weighted by molar-refractivity contribution is 7.89. The molecule has 4 nitrogen and oxygen atoms in total. The molecule has 2 rings (SSSR count). The van der Waals surface area contributed by atoms with Crippen molar-refractivity contribution in [2.24, 2.45) is 0 Å². The molecule has 1 fully saturated rings. The molecule has 0 amide bonds. The number of hydrogen-bond acceptors (Lipinski definition) is 2. The number of benzene rings is 1. The lowest BCUT2D eigenvalue weighted by Gasteiger charge is -2.30. The van der Waals surface area contributed by atoms with E-state index in [4.69, 9.17) is 0 Å². The lowest BCUT2D eigenvalue weighted by molar-refractivity contribution is -0.928. The third-order valence-corrected chi connectivity index (χ3v) is 7.98. The van der Waals surface area contributed by atoms with Crippen molar-refractivity contribution in [3.05, 3.63) is 27.8 Å². The zero-order valence-corrected chi connectivity index (χ0v) is 17.6. The second kappa shape index (κ2) is 8.19. The van der Waals surface area contributed by atoms with Crippen LogP contribution in [0.25, 0.3) is 0 Å². The van der Waals surface area contributed by atoms with Crippen LogP contribution in [0.3, 0.4) is 0 Å². The van der Waals surface area contributed by atoms with Gasteiger partial charge >= 0.3 is 0 Å². The van der Waals surface area contributed by atoms with Gasteiger partial charge in [0.05, 0.1) is 24.0 Å². The number of nitrogens with one attached hydrogen (secondary N) is 2. The number of likely N-dealkylation sites (tertiary alicyclic amines) is 1. The van der Waals surface area contributed by atoms with Gasteiger partial charge in [-0.15, -0.1) is 0 Å². The Morgan fingerprint density at radius 2 is 1.52 bits per heavy atom. The molecule has 142 valence electrons. The number of piperidine rings is 1. The first kappa shape index (κ1) is 20.4. The fourth-order valence-electron chi connectivity index (χ4n) is 4.09. The highest BCUT2D eigenvalue weighted by atomic mass is 32.2. The Morgan fingerprint density at radius 3 is 2.08 bits per heavy atom. The third-order valence-electron chi connectivity index (χ3n) is 6.25. The Balaban J connectivity index is 2.05. The molecule has 1 aliphatic rings. The van der Waals surface area contributed by atoms with E-state index in [1.54, 1.807) is 4.90 Å². The van der Waals surface area contributed by atoms with Gasteiger partial charge in [0.2, 0.25) is 10.0 Å². The van der Waals surface area contributed by atoms with Gasteiger partial charge < -0.3 is 4.90 Å². The maximum Gasteiger partial charge on any atom is 0.241 e. The van der Waals surface area contributed by atoms with Crippen molar-refractivity contribution in [2.45, 2.75) is 78.2 Å². The van der Waals surface area contributed by atoms with Gasteiger partial charge in [-0.1, -0.05) is 0 Å². The van der Waals surface area contributed by atoms with E-state index in [1.807, 2.05) is 27.7 Å².